The molecule has 0 aliphatic heterocycles. The topological polar surface area (TPSA) is 17.8 Å². The van der Waals surface area contributed by atoms with Gasteiger partial charge in [0.1, 0.15) is 0 Å². The fourth-order valence-electron chi connectivity index (χ4n) is 1.01. The molecule has 0 spiro atoms. The lowest BCUT2D eigenvalue weighted by atomic mass is 9.90. The largest absolute Gasteiger partial charge is 0.270 e. The monoisotopic (exact) mass is 166 g/mol. The van der Waals surface area contributed by atoms with Gasteiger partial charge >= 0.3 is 0 Å². The maximum Gasteiger partial charge on any atom is 0.0527 e. The van der Waals surface area contributed by atoms with Crippen molar-refractivity contribution < 1.29 is 0 Å². The molecule has 1 aromatic heterocycles. The van der Waals surface area contributed by atoms with Crippen LogP contribution in [-0.2, 0) is 5.41 Å². The van der Waals surface area contributed by atoms with Crippen molar-refractivity contribution in [3.05, 3.63) is 18.0 Å². The van der Waals surface area contributed by atoms with E-state index in [0.717, 1.165) is 0 Å². The minimum atomic E-state index is 0.215. The van der Waals surface area contributed by atoms with Crippen LogP contribution in [0.4, 0.5) is 0 Å². The van der Waals surface area contributed by atoms with Crippen molar-refractivity contribution in [2.45, 2.75) is 46.1 Å². The molecule has 0 radical (unpaired) electrons. The molecular weight excluding hydrogens is 148 g/mol. The zero-order valence-electron chi connectivity index (χ0n) is 8.63. The molecule has 12 heavy (non-hydrogen) atoms. The second-order valence-corrected chi connectivity index (χ2v) is 4.55. The van der Waals surface area contributed by atoms with Crippen LogP contribution in [0.25, 0.3) is 0 Å². The molecule has 0 N–H and O–H groups in total. The Balaban J connectivity index is 2.92. The van der Waals surface area contributed by atoms with Gasteiger partial charge in [0.25, 0.3) is 0 Å². The third-order valence-electron chi connectivity index (χ3n) is 2.00. The summed E-state index contributed by atoms with van der Waals surface area (Å²) < 4.78 is 2.00. The fraction of sp³-hybridized carbons (Fsp3) is 0.700. The molecule has 0 saturated heterocycles. The van der Waals surface area contributed by atoms with Crippen molar-refractivity contribution in [3.63, 3.8) is 0 Å². The number of aromatic nitrogens is 2. The minimum Gasteiger partial charge on any atom is -0.270 e. The van der Waals surface area contributed by atoms with E-state index in [1.807, 2.05) is 10.9 Å². The van der Waals surface area contributed by atoms with Crippen LogP contribution in [0, 0.1) is 0 Å². The summed E-state index contributed by atoms with van der Waals surface area (Å²) in [5.41, 5.74) is 1.52. The van der Waals surface area contributed by atoms with Gasteiger partial charge in [-0.25, -0.2) is 0 Å². The van der Waals surface area contributed by atoms with Crippen molar-refractivity contribution in [3.8, 4) is 0 Å². The summed E-state index contributed by atoms with van der Waals surface area (Å²) in [6.45, 7) is 10.9. The summed E-state index contributed by atoms with van der Waals surface area (Å²) in [4.78, 5) is 0. The van der Waals surface area contributed by atoms with E-state index in [4.69, 9.17) is 0 Å². The molecule has 0 fully saturated rings. The van der Waals surface area contributed by atoms with Crippen molar-refractivity contribution in [2.75, 3.05) is 0 Å². The first kappa shape index (κ1) is 9.30. The van der Waals surface area contributed by atoms with E-state index in [0.29, 0.717) is 6.04 Å². The molecule has 0 unspecified atom stereocenters. The van der Waals surface area contributed by atoms with Crippen LogP contribution in [0.15, 0.2) is 12.4 Å². The van der Waals surface area contributed by atoms with Crippen LogP contribution in [0.2, 0.25) is 0 Å². The van der Waals surface area contributed by atoms with Crippen molar-refractivity contribution in [1.82, 2.24) is 9.78 Å². The Hall–Kier alpha value is -0.790. The van der Waals surface area contributed by atoms with Gasteiger partial charge in [0.05, 0.1) is 6.20 Å². The maximum atomic E-state index is 4.30. The summed E-state index contributed by atoms with van der Waals surface area (Å²) in [5.74, 6) is 0. The molecule has 0 saturated carbocycles. The number of hydrogen-bond acceptors (Lipinski definition) is 1. The van der Waals surface area contributed by atoms with E-state index in [1.165, 1.54) is 5.56 Å². The normalized spacial score (nSPS) is 12.5. The average molecular weight is 166 g/mol. The van der Waals surface area contributed by atoms with Gasteiger partial charge in [-0.2, -0.15) is 5.10 Å². The van der Waals surface area contributed by atoms with E-state index in [9.17, 15) is 0 Å². The fourth-order valence-corrected chi connectivity index (χ4v) is 1.01. The van der Waals surface area contributed by atoms with Gasteiger partial charge in [-0.15, -0.1) is 0 Å². The summed E-state index contributed by atoms with van der Waals surface area (Å²) in [6.07, 6.45) is 4.09. The van der Waals surface area contributed by atoms with Gasteiger partial charge in [0.15, 0.2) is 0 Å². The highest BCUT2D eigenvalue weighted by Crippen LogP contribution is 2.21. The summed E-state index contributed by atoms with van der Waals surface area (Å²) in [5, 5.41) is 4.30. The second-order valence-electron chi connectivity index (χ2n) is 4.55. The Bertz CT molecular complexity index is 253. The Kier molecular flexibility index (Phi) is 2.27. The van der Waals surface area contributed by atoms with E-state index in [-0.39, 0.29) is 5.41 Å². The lowest BCUT2D eigenvalue weighted by Crippen LogP contribution is -2.09. The summed E-state index contributed by atoms with van der Waals surface area (Å²) >= 11 is 0. The average Bonchev–Trinajstić information content (AvgIpc) is 2.30. The van der Waals surface area contributed by atoms with Crippen LogP contribution in [-0.4, -0.2) is 9.78 Å². The zero-order chi connectivity index (χ0) is 9.35. The van der Waals surface area contributed by atoms with Gasteiger partial charge in [-0.3, -0.25) is 4.68 Å². The maximum absolute atomic E-state index is 4.30. The first-order chi connectivity index (χ1) is 5.41. The molecule has 1 heterocycles. The standard InChI is InChI=1S/C10H18N2/c1-8(2)12-7-9(6-11-12)10(3,4)5/h6-8H,1-5H3. The van der Waals surface area contributed by atoms with Gasteiger partial charge in [-0.05, 0) is 24.8 Å². The molecule has 2 heteroatoms. The smallest absolute Gasteiger partial charge is 0.0527 e. The number of hydrogen-bond donors (Lipinski definition) is 0. The highest BCUT2D eigenvalue weighted by Gasteiger charge is 2.15. The van der Waals surface area contributed by atoms with Crippen LogP contribution >= 0.6 is 0 Å². The molecule has 0 aliphatic carbocycles. The Morgan fingerprint density at radius 3 is 2.17 bits per heavy atom. The molecule has 1 aromatic rings. The van der Waals surface area contributed by atoms with E-state index >= 15 is 0 Å². The molecule has 0 atom stereocenters. The van der Waals surface area contributed by atoms with Crippen molar-refractivity contribution in [2.24, 2.45) is 0 Å². The highest BCUT2D eigenvalue weighted by atomic mass is 15.3. The Labute approximate surface area is 74.6 Å². The number of rotatable bonds is 1. The molecule has 0 amide bonds. The van der Waals surface area contributed by atoms with Crippen LogP contribution in [0.5, 0.6) is 0 Å². The third kappa shape index (κ3) is 1.87. The van der Waals surface area contributed by atoms with Gasteiger partial charge < -0.3 is 0 Å². The summed E-state index contributed by atoms with van der Waals surface area (Å²) in [7, 11) is 0. The first-order valence-corrected chi connectivity index (χ1v) is 4.46. The summed E-state index contributed by atoms with van der Waals surface area (Å²) in [6, 6.07) is 0.459. The van der Waals surface area contributed by atoms with Crippen LogP contribution in [0.3, 0.4) is 0 Å². The molecular formula is C10H18N2. The van der Waals surface area contributed by atoms with Crippen LogP contribution < -0.4 is 0 Å². The van der Waals surface area contributed by atoms with E-state index in [2.05, 4.69) is 45.9 Å². The number of nitrogens with zero attached hydrogens (tertiary/aromatic N) is 2. The molecule has 0 aromatic carbocycles. The zero-order valence-corrected chi connectivity index (χ0v) is 8.63. The van der Waals surface area contributed by atoms with E-state index in [1.54, 1.807) is 0 Å². The quantitative estimate of drug-likeness (QED) is 0.627. The lowest BCUT2D eigenvalue weighted by molar-refractivity contribution is 0.528. The predicted octanol–water partition coefficient (Wildman–Crippen LogP) is 2.76. The second kappa shape index (κ2) is 2.92. The van der Waals surface area contributed by atoms with Gasteiger partial charge in [0, 0.05) is 12.2 Å². The predicted molar refractivity (Wildman–Crippen MR) is 51.3 cm³/mol. The SMILES string of the molecule is CC(C)n1cc(C(C)(C)C)cn1. The lowest BCUT2D eigenvalue weighted by Gasteiger charge is -2.15. The van der Waals surface area contributed by atoms with Gasteiger partial charge in [0.2, 0.25) is 0 Å². The van der Waals surface area contributed by atoms with Gasteiger partial charge in [-0.1, -0.05) is 20.8 Å². The Morgan fingerprint density at radius 2 is 1.92 bits per heavy atom. The Morgan fingerprint density at radius 1 is 1.33 bits per heavy atom. The molecule has 1 rings (SSSR count). The molecule has 0 bridgehead atoms. The van der Waals surface area contributed by atoms with E-state index < -0.39 is 0 Å². The van der Waals surface area contributed by atoms with Crippen LogP contribution in [0.1, 0.15) is 46.2 Å². The van der Waals surface area contributed by atoms with Crippen molar-refractivity contribution >= 4 is 0 Å². The third-order valence-corrected chi connectivity index (χ3v) is 2.00. The molecule has 0 aliphatic rings. The molecule has 2 nitrogen and oxygen atoms in total. The minimum absolute atomic E-state index is 0.215. The highest BCUT2D eigenvalue weighted by molar-refractivity contribution is 5.15. The first-order valence-electron chi connectivity index (χ1n) is 4.46. The molecule has 68 valence electrons. The van der Waals surface area contributed by atoms with Crippen molar-refractivity contribution in [1.29, 1.82) is 0 Å².